The molecule has 0 amide bonds. The van der Waals surface area contributed by atoms with Crippen LogP contribution in [0.5, 0.6) is 5.75 Å². The molecule has 2 aromatic rings. The SMILES string of the molecule is CN1C2CCC1CC(Oc1ccc3oc(=O)ccc3c1)C2.Cl. The summed E-state index contributed by atoms with van der Waals surface area (Å²) in [4.78, 5) is 13.7. The van der Waals surface area contributed by atoms with Gasteiger partial charge in [-0.05, 0) is 57.0 Å². The van der Waals surface area contributed by atoms with Gasteiger partial charge in [-0.2, -0.15) is 0 Å². The van der Waals surface area contributed by atoms with Gasteiger partial charge in [0.25, 0.3) is 0 Å². The van der Waals surface area contributed by atoms with E-state index >= 15 is 0 Å². The number of hydrogen-bond acceptors (Lipinski definition) is 4. The number of nitrogens with zero attached hydrogens (tertiary/aromatic N) is 1. The zero-order valence-electron chi connectivity index (χ0n) is 12.5. The minimum absolute atomic E-state index is 0. The van der Waals surface area contributed by atoms with Crippen molar-refractivity contribution in [2.24, 2.45) is 0 Å². The first kappa shape index (κ1) is 15.4. The van der Waals surface area contributed by atoms with Gasteiger partial charge < -0.3 is 14.1 Å². The molecule has 2 atom stereocenters. The Bertz CT molecular complexity index is 715. The molecule has 0 radical (unpaired) electrons. The Hall–Kier alpha value is -1.52. The largest absolute Gasteiger partial charge is 0.490 e. The Balaban J connectivity index is 0.00000144. The van der Waals surface area contributed by atoms with Crippen molar-refractivity contribution < 1.29 is 9.15 Å². The molecular formula is C17H20ClNO3. The van der Waals surface area contributed by atoms with E-state index in [2.05, 4.69) is 11.9 Å². The minimum Gasteiger partial charge on any atom is -0.490 e. The highest BCUT2D eigenvalue weighted by Crippen LogP contribution is 2.36. The monoisotopic (exact) mass is 321 g/mol. The van der Waals surface area contributed by atoms with Crippen molar-refractivity contribution in [2.45, 2.75) is 43.9 Å². The first-order valence-electron chi connectivity index (χ1n) is 7.61. The summed E-state index contributed by atoms with van der Waals surface area (Å²) in [5, 5.41) is 0.906. The predicted octanol–water partition coefficient (Wildman–Crippen LogP) is 3.22. The second-order valence-electron chi connectivity index (χ2n) is 6.22. The molecule has 2 aliphatic rings. The lowest BCUT2D eigenvalue weighted by Gasteiger charge is -2.36. The number of hydrogen-bond donors (Lipinski definition) is 0. The van der Waals surface area contributed by atoms with Crippen LogP contribution in [-0.4, -0.2) is 30.1 Å². The van der Waals surface area contributed by atoms with E-state index < -0.39 is 0 Å². The fourth-order valence-corrected chi connectivity index (χ4v) is 3.77. The summed E-state index contributed by atoms with van der Waals surface area (Å²) in [6.45, 7) is 0. The fraction of sp³-hybridized carbons (Fsp3) is 0.471. The van der Waals surface area contributed by atoms with Crippen molar-refractivity contribution in [3.63, 3.8) is 0 Å². The third-order valence-corrected chi connectivity index (χ3v) is 4.95. The van der Waals surface area contributed by atoms with Crippen LogP contribution in [0.3, 0.4) is 0 Å². The topological polar surface area (TPSA) is 42.7 Å². The summed E-state index contributed by atoms with van der Waals surface area (Å²) in [5.41, 5.74) is 0.293. The Kier molecular flexibility index (Phi) is 4.15. The molecule has 0 aliphatic carbocycles. The van der Waals surface area contributed by atoms with Crippen LogP contribution in [0, 0.1) is 0 Å². The molecule has 0 N–H and O–H groups in total. The molecule has 0 spiro atoms. The molecule has 2 bridgehead atoms. The zero-order chi connectivity index (χ0) is 14.4. The highest BCUT2D eigenvalue weighted by molar-refractivity contribution is 5.85. The summed E-state index contributed by atoms with van der Waals surface area (Å²) in [5.74, 6) is 0.866. The predicted molar refractivity (Wildman–Crippen MR) is 88.0 cm³/mol. The van der Waals surface area contributed by atoms with Gasteiger partial charge in [-0.15, -0.1) is 12.4 Å². The van der Waals surface area contributed by atoms with Gasteiger partial charge in [-0.1, -0.05) is 0 Å². The van der Waals surface area contributed by atoms with E-state index in [9.17, 15) is 4.79 Å². The highest BCUT2D eigenvalue weighted by Gasteiger charge is 2.39. The quantitative estimate of drug-likeness (QED) is 0.797. The fourth-order valence-electron chi connectivity index (χ4n) is 3.77. The smallest absolute Gasteiger partial charge is 0.336 e. The van der Waals surface area contributed by atoms with Crippen LogP contribution in [0.4, 0.5) is 0 Å². The lowest BCUT2D eigenvalue weighted by atomic mass is 10.0. The van der Waals surface area contributed by atoms with Crippen molar-refractivity contribution >= 4 is 23.4 Å². The summed E-state index contributed by atoms with van der Waals surface area (Å²) in [6, 6.07) is 10.2. The molecule has 1 aromatic carbocycles. The average molecular weight is 322 g/mol. The van der Waals surface area contributed by atoms with Crippen LogP contribution in [0.15, 0.2) is 39.5 Å². The van der Waals surface area contributed by atoms with Crippen LogP contribution in [0.2, 0.25) is 0 Å². The molecule has 0 saturated carbocycles. The maximum Gasteiger partial charge on any atom is 0.336 e. The molecule has 4 nitrogen and oxygen atoms in total. The Morgan fingerprint density at radius 2 is 1.86 bits per heavy atom. The van der Waals surface area contributed by atoms with Crippen molar-refractivity contribution in [1.29, 1.82) is 0 Å². The van der Waals surface area contributed by atoms with E-state index in [-0.39, 0.29) is 18.0 Å². The minimum atomic E-state index is -0.317. The summed E-state index contributed by atoms with van der Waals surface area (Å²) in [6.07, 6.45) is 5.10. The molecule has 22 heavy (non-hydrogen) atoms. The Labute approximate surface area is 135 Å². The van der Waals surface area contributed by atoms with Gasteiger partial charge in [0.05, 0.1) is 0 Å². The van der Waals surface area contributed by atoms with Gasteiger partial charge in [-0.25, -0.2) is 4.79 Å². The molecule has 2 aliphatic heterocycles. The highest BCUT2D eigenvalue weighted by atomic mass is 35.5. The van der Waals surface area contributed by atoms with Gasteiger partial charge in [0.1, 0.15) is 17.4 Å². The molecular weight excluding hydrogens is 302 g/mol. The third kappa shape index (κ3) is 2.73. The molecule has 2 unspecified atom stereocenters. The standard InChI is InChI=1S/C17H19NO3.ClH/c1-18-12-3-4-13(18)10-15(9-12)20-14-5-6-16-11(8-14)2-7-17(19)21-16;/h2,5-8,12-13,15H,3-4,9-10H2,1H3;1H. The molecule has 118 valence electrons. The molecule has 2 fully saturated rings. The van der Waals surface area contributed by atoms with E-state index in [1.54, 1.807) is 6.07 Å². The van der Waals surface area contributed by atoms with E-state index in [4.69, 9.17) is 9.15 Å². The number of benzene rings is 1. The van der Waals surface area contributed by atoms with Crippen molar-refractivity contribution in [1.82, 2.24) is 4.90 Å². The average Bonchev–Trinajstić information content (AvgIpc) is 2.70. The van der Waals surface area contributed by atoms with Crippen molar-refractivity contribution in [2.75, 3.05) is 7.05 Å². The van der Waals surface area contributed by atoms with Gasteiger partial charge in [-0.3, -0.25) is 0 Å². The van der Waals surface area contributed by atoms with Gasteiger partial charge in [0, 0.05) is 23.5 Å². The Morgan fingerprint density at radius 1 is 1.14 bits per heavy atom. The normalized spacial score (nSPS) is 27.6. The van der Waals surface area contributed by atoms with E-state index in [1.807, 2.05) is 18.2 Å². The first-order valence-corrected chi connectivity index (χ1v) is 7.61. The van der Waals surface area contributed by atoms with Gasteiger partial charge >= 0.3 is 5.63 Å². The van der Waals surface area contributed by atoms with Crippen LogP contribution < -0.4 is 10.4 Å². The summed E-state index contributed by atoms with van der Waals surface area (Å²) >= 11 is 0. The molecule has 4 rings (SSSR count). The van der Waals surface area contributed by atoms with Gasteiger partial charge in [0.2, 0.25) is 0 Å². The lowest BCUT2D eigenvalue weighted by Crippen LogP contribution is -2.43. The van der Waals surface area contributed by atoms with Crippen molar-refractivity contribution in [3.8, 4) is 5.75 Å². The van der Waals surface area contributed by atoms with E-state index in [1.165, 1.54) is 18.9 Å². The number of piperidine rings is 1. The second-order valence-corrected chi connectivity index (χ2v) is 6.22. The number of fused-ring (bicyclic) bond motifs is 3. The lowest BCUT2D eigenvalue weighted by molar-refractivity contribution is 0.0662. The van der Waals surface area contributed by atoms with Crippen LogP contribution in [0.25, 0.3) is 11.0 Å². The molecule has 1 aromatic heterocycles. The third-order valence-electron chi connectivity index (χ3n) is 4.95. The number of rotatable bonds is 2. The second kappa shape index (κ2) is 5.94. The Morgan fingerprint density at radius 3 is 2.59 bits per heavy atom. The first-order chi connectivity index (χ1) is 10.2. The molecule has 3 heterocycles. The van der Waals surface area contributed by atoms with Crippen molar-refractivity contribution in [3.05, 3.63) is 40.8 Å². The number of ether oxygens (including phenoxy) is 1. The molecule has 2 saturated heterocycles. The maximum absolute atomic E-state index is 11.2. The zero-order valence-corrected chi connectivity index (χ0v) is 13.3. The molecule has 5 heteroatoms. The maximum atomic E-state index is 11.2. The van der Waals surface area contributed by atoms with Gasteiger partial charge in [0.15, 0.2) is 0 Å². The van der Waals surface area contributed by atoms with E-state index in [0.29, 0.717) is 23.8 Å². The van der Waals surface area contributed by atoms with E-state index in [0.717, 1.165) is 24.0 Å². The number of halogens is 1. The van der Waals surface area contributed by atoms with Crippen LogP contribution in [0.1, 0.15) is 25.7 Å². The summed E-state index contributed by atoms with van der Waals surface area (Å²) in [7, 11) is 2.23. The van der Waals surface area contributed by atoms with Crippen LogP contribution >= 0.6 is 12.4 Å². The van der Waals surface area contributed by atoms with Crippen LogP contribution in [-0.2, 0) is 0 Å². The summed E-state index contributed by atoms with van der Waals surface area (Å²) < 4.78 is 11.3.